The highest BCUT2D eigenvalue weighted by Gasteiger charge is 2.54. The van der Waals surface area contributed by atoms with Crippen molar-refractivity contribution in [2.45, 2.75) is 35.4 Å². The minimum Gasteiger partial charge on any atom is -0.313 e. The quantitative estimate of drug-likeness (QED) is 0.805. The van der Waals surface area contributed by atoms with E-state index in [2.05, 4.69) is 5.32 Å². The van der Waals surface area contributed by atoms with Gasteiger partial charge in [0.05, 0.1) is 4.90 Å². The molecule has 1 saturated heterocycles. The monoisotopic (exact) mass is 418 g/mol. The number of nitrogens with zero attached hydrogens (tertiary/aromatic N) is 1. The lowest BCUT2D eigenvalue weighted by atomic mass is 10.0. The van der Waals surface area contributed by atoms with Crippen molar-refractivity contribution < 1.29 is 13.2 Å². The fraction of sp³-hybridized carbons (Fsp3) is 0.381. The number of hydrogen-bond donors (Lipinski definition) is 1. The molecule has 5 nitrogen and oxygen atoms in total. The highest BCUT2D eigenvalue weighted by molar-refractivity contribution is 7.93. The molecule has 148 valence electrons. The molecule has 2 fully saturated rings. The Morgan fingerprint density at radius 3 is 2.32 bits per heavy atom. The van der Waals surface area contributed by atoms with Crippen molar-refractivity contribution in [1.82, 2.24) is 5.32 Å². The van der Waals surface area contributed by atoms with Gasteiger partial charge in [0.15, 0.2) is 4.87 Å². The fourth-order valence-corrected chi connectivity index (χ4v) is 6.11. The first-order valence-corrected chi connectivity index (χ1v) is 11.4. The van der Waals surface area contributed by atoms with Crippen LogP contribution in [0.3, 0.4) is 0 Å². The average molecular weight is 419 g/mol. The van der Waals surface area contributed by atoms with Crippen molar-refractivity contribution in [3.8, 4) is 0 Å². The van der Waals surface area contributed by atoms with Crippen LogP contribution >= 0.6 is 11.6 Å². The van der Waals surface area contributed by atoms with E-state index in [0.29, 0.717) is 23.6 Å². The topological polar surface area (TPSA) is 66.5 Å². The first-order chi connectivity index (χ1) is 13.5. The molecule has 1 aliphatic carbocycles. The molecule has 0 radical (unpaired) electrons. The van der Waals surface area contributed by atoms with Gasteiger partial charge in [-0.25, -0.2) is 8.42 Å². The van der Waals surface area contributed by atoms with Crippen LogP contribution in [0.1, 0.15) is 25.7 Å². The van der Waals surface area contributed by atoms with Crippen LogP contribution in [0, 0.1) is 5.92 Å². The number of carbonyl (C=O) groups excluding carboxylic acids is 1. The van der Waals surface area contributed by atoms with Gasteiger partial charge >= 0.3 is 0 Å². The normalized spacial score (nSPS) is 22.6. The number of piperidine rings is 1. The van der Waals surface area contributed by atoms with Gasteiger partial charge in [0, 0.05) is 23.2 Å². The lowest BCUT2D eigenvalue weighted by Crippen LogP contribution is -2.64. The SMILES string of the molecule is O=C(C1CC1)N(c1ccc(Cl)cc1)[C@]1(S(=O)(=O)c2ccccc2)CCCNC1. The van der Waals surface area contributed by atoms with E-state index >= 15 is 0 Å². The van der Waals surface area contributed by atoms with Crippen LogP contribution in [0.4, 0.5) is 5.69 Å². The summed E-state index contributed by atoms with van der Waals surface area (Å²) in [7, 11) is -3.82. The van der Waals surface area contributed by atoms with Crippen LogP contribution in [-0.2, 0) is 14.6 Å². The van der Waals surface area contributed by atoms with E-state index < -0.39 is 14.7 Å². The molecule has 7 heteroatoms. The van der Waals surface area contributed by atoms with Gasteiger partial charge in [-0.3, -0.25) is 9.69 Å². The molecule has 1 aliphatic heterocycles. The molecule has 2 aliphatic rings. The van der Waals surface area contributed by atoms with Gasteiger partial charge in [0.25, 0.3) is 0 Å². The van der Waals surface area contributed by atoms with E-state index in [1.165, 1.54) is 4.90 Å². The zero-order valence-electron chi connectivity index (χ0n) is 15.5. The van der Waals surface area contributed by atoms with Crippen LogP contribution in [0.2, 0.25) is 5.02 Å². The Hall–Kier alpha value is -1.89. The summed E-state index contributed by atoms with van der Waals surface area (Å²) >= 11 is 6.04. The lowest BCUT2D eigenvalue weighted by molar-refractivity contribution is -0.120. The number of nitrogens with one attached hydrogen (secondary N) is 1. The molecule has 0 aromatic heterocycles. The van der Waals surface area contributed by atoms with Crippen LogP contribution in [0.15, 0.2) is 59.5 Å². The molecule has 28 heavy (non-hydrogen) atoms. The summed E-state index contributed by atoms with van der Waals surface area (Å²) in [4.78, 5) is 13.8. The Morgan fingerprint density at radius 1 is 1.07 bits per heavy atom. The van der Waals surface area contributed by atoms with Gasteiger partial charge in [0.1, 0.15) is 0 Å². The Balaban J connectivity index is 1.90. The molecule has 0 unspecified atom stereocenters. The van der Waals surface area contributed by atoms with E-state index in [1.807, 2.05) is 0 Å². The number of rotatable bonds is 5. The molecule has 0 bridgehead atoms. The van der Waals surface area contributed by atoms with E-state index in [0.717, 1.165) is 19.4 Å². The van der Waals surface area contributed by atoms with Gasteiger partial charge in [-0.1, -0.05) is 29.8 Å². The van der Waals surface area contributed by atoms with Gasteiger partial charge < -0.3 is 5.32 Å². The molecule has 1 atom stereocenters. The van der Waals surface area contributed by atoms with Crippen molar-refractivity contribution in [2.75, 3.05) is 18.0 Å². The molecule has 2 aromatic rings. The van der Waals surface area contributed by atoms with Crippen LogP contribution in [0.5, 0.6) is 0 Å². The Morgan fingerprint density at radius 2 is 1.75 bits per heavy atom. The minimum atomic E-state index is -3.82. The second-order valence-electron chi connectivity index (χ2n) is 7.47. The van der Waals surface area contributed by atoms with E-state index in [1.54, 1.807) is 54.6 Å². The van der Waals surface area contributed by atoms with E-state index in [9.17, 15) is 13.2 Å². The molecule has 4 rings (SSSR count). The highest BCUT2D eigenvalue weighted by atomic mass is 35.5. The van der Waals surface area contributed by atoms with Gasteiger partial charge in [0.2, 0.25) is 15.7 Å². The van der Waals surface area contributed by atoms with Crippen molar-refractivity contribution in [3.05, 3.63) is 59.6 Å². The predicted octanol–water partition coefficient (Wildman–Crippen LogP) is 3.64. The van der Waals surface area contributed by atoms with Crippen molar-refractivity contribution in [2.24, 2.45) is 5.92 Å². The Bertz CT molecular complexity index is 951. The summed E-state index contributed by atoms with van der Waals surface area (Å²) < 4.78 is 27.8. The standard InChI is InChI=1S/C21H23ClN2O3S/c22-17-9-11-18(12-10-17)24(20(25)16-7-8-16)21(13-4-14-23-15-21)28(26,27)19-5-2-1-3-6-19/h1-3,5-6,9-12,16,23H,4,7-8,13-15H2/t21-/m0/s1. The second-order valence-corrected chi connectivity index (χ2v) is 10.1. The van der Waals surface area contributed by atoms with Crippen LogP contribution in [0.25, 0.3) is 0 Å². The number of carbonyl (C=O) groups is 1. The molecule has 0 spiro atoms. The lowest BCUT2D eigenvalue weighted by Gasteiger charge is -2.45. The van der Waals surface area contributed by atoms with Gasteiger partial charge in [-0.2, -0.15) is 0 Å². The fourth-order valence-electron chi connectivity index (χ4n) is 3.89. The largest absolute Gasteiger partial charge is 0.313 e. The zero-order chi connectivity index (χ0) is 19.8. The van der Waals surface area contributed by atoms with Crippen molar-refractivity contribution in [3.63, 3.8) is 0 Å². The Labute approximate surface area is 170 Å². The smallest absolute Gasteiger partial charge is 0.231 e. The molecule has 1 saturated carbocycles. The summed E-state index contributed by atoms with van der Waals surface area (Å²) in [6, 6.07) is 15.3. The number of sulfone groups is 1. The molecule has 1 heterocycles. The summed E-state index contributed by atoms with van der Waals surface area (Å²) in [5.41, 5.74) is 0.574. The number of halogens is 1. The first-order valence-electron chi connectivity index (χ1n) is 9.56. The maximum absolute atomic E-state index is 13.9. The molecule has 1 N–H and O–H groups in total. The molecule has 1 amide bonds. The summed E-state index contributed by atoms with van der Waals surface area (Å²) in [5, 5.41) is 3.77. The number of benzene rings is 2. The van der Waals surface area contributed by atoms with Crippen LogP contribution in [-0.4, -0.2) is 32.3 Å². The summed E-state index contributed by atoms with van der Waals surface area (Å²) in [6.45, 7) is 0.934. The summed E-state index contributed by atoms with van der Waals surface area (Å²) in [5.74, 6) is -0.231. The second kappa shape index (κ2) is 7.50. The third-order valence-corrected chi connectivity index (χ3v) is 8.19. The maximum atomic E-state index is 13.9. The maximum Gasteiger partial charge on any atom is 0.231 e. The number of anilines is 1. The molecule has 2 aromatic carbocycles. The van der Waals surface area contributed by atoms with E-state index in [4.69, 9.17) is 11.6 Å². The van der Waals surface area contributed by atoms with Crippen molar-refractivity contribution in [1.29, 1.82) is 0 Å². The Kier molecular flexibility index (Phi) is 5.21. The van der Waals surface area contributed by atoms with Crippen LogP contribution < -0.4 is 10.2 Å². The molecular weight excluding hydrogens is 396 g/mol. The zero-order valence-corrected chi connectivity index (χ0v) is 17.0. The third-order valence-electron chi connectivity index (χ3n) is 5.52. The molecular formula is C21H23ClN2O3S. The van der Waals surface area contributed by atoms with Crippen molar-refractivity contribution >= 4 is 33.0 Å². The van der Waals surface area contributed by atoms with Gasteiger partial charge in [-0.05, 0) is 68.6 Å². The highest BCUT2D eigenvalue weighted by Crippen LogP contribution is 2.42. The number of hydrogen-bond acceptors (Lipinski definition) is 4. The van der Waals surface area contributed by atoms with E-state index in [-0.39, 0.29) is 23.3 Å². The third kappa shape index (κ3) is 3.34. The minimum absolute atomic E-state index is 0.111. The first kappa shape index (κ1) is 19.4. The predicted molar refractivity (Wildman–Crippen MR) is 110 cm³/mol. The average Bonchev–Trinajstić information content (AvgIpc) is 3.56. The van der Waals surface area contributed by atoms with Gasteiger partial charge in [-0.15, -0.1) is 0 Å². The summed E-state index contributed by atoms with van der Waals surface area (Å²) in [6.07, 6.45) is 2.67. The number of amides is 1.